The van der Waals surface area contributed by atoms with Gasteiger partial charge in [0.15, 0.2) is 0 Å². The summed E-state index contributed by atoms with van der Waals surface area (Å²) in [5.41, 5.74) is 6.25. The number of amides is 1. The molecule has 1 aliphatic carbocycles. The van der Waals surface area contributed by atoms with E-state index in [1.54, 1.807) is 12.1 Å². The molecule has 1 saturated carbocycles. The minimum Gasteiger partial charge on any atom is -0.354 e. The van der Waals surface area contributed by atoms with E-state index in [4.69, 9.17) is 5.73 Å². The Labute approximate surface area is 112 Å². The standard InChI is InChI=1S/C13H17FN2O.ClH/c14-11-4-2-10(3-5-11)6-9-16-12(17)13(15)7-1-8-13;/h2-5H,1,6-9,15H2,(H,16,17);1H. The maximum Gasteiger partial charge on any atom is 0.240 e. The second kappa shape index (κ2) is 6.16. The summed E-state index contributed by atoms with van der Waals surface area (Å²) < 4.78 is 12.7. The molecule has 1 amide bonds. The van der Waals surface area contributed by atoms with Crippen LogP contribution in [-0.4, -0.2) is 18.0 Å². The van der Waals surface area contributed by atoms with Crippen molar-refractivity contribution >= 4 is 18.3 Å². The maximum absolute atomic E-state index is 12.7. The zero-order valence-corrected chi connectivity index (χ0v) is 10.9. The van der Waals surface area contributed by atoms with Gasteiger partial charge in [-0.3, -0.25) is 4.79 Å². The van der Waals surface area contributed by atoms with Gasteiger partial charge in [-0.15, -0.1) is 12.4 Å². The molecular weight excluding hydrogens is 255 g/mol. The second-order valence-corrected chi connectivity index (χ2v) is 4.64. The van der Waals surface area contributed by atoms with Gasteiger partial charge in [0.25, 0.3) is 0 Å². The lowest BCUT2D eigenvalue weighted by Crippen LogP contribution is -2.58. The van der Waals surface area contributed by atoms with Crippen LogP contribution >= 0.6 is 12.4 Å². The Balaban J connectivity index is 0.00000162. The van der Waals surface area contributed by atoms with Crippen molar-refractivity contribution in [3.05, 3.63) is 35.6 Å². The number of halogens is 2. The molecule has 0 spiro atoms. The van der Waals surface area contributed by atoms with Gasteiger partial charge >= 0.3 is 0 Å². The molecular formula is C13H18ClFN2O. The molecule has 18 heavy (non-hydrogen) atoms. The van der Waals surface area contributed by atoms with Crippen LogP contribution in [0, 0.1) is 5.82 Å². The lowest BCUT2D eigenvalue weighted by Gasteiger charge is -2.36. The highest BCUT2D eigenvalue weighted by atomic mass is 35.5. The molecule has 0 aliphatic heterocycles. The van der Waals surface area contributed by atoms with Gasteiger partial charge in [-0.05, 0) is 43.4 Å². The third-order valence-corrected chi connectivity index (χ3v) is 3.31. The molecule has 0 heterocycles. The van der Waals surface area contributed by atoms with Gasteiger partial charge in [0.1, 0.15) is 5.82 Å². The predicted molar refractivity (Wildman–Crippen MR) is 71.1 cm³/mol. The van der Waals surface area contributed by atoms with Gasteiger partial charge in [0.05, 0.1) is 5.54 Å². The van der Waals surface area contributed by atoms with Gasteiger partial charge < -0.3 is 11.1 Å². The van der Waals surface area contributed by atoms with Crippen LogP contribution in [0.3, 0.4) is 0 Å². The lowest BCUT2D eigenvalue weighted by molar-refractivity contribution is -0.129. The average molecular weight is 273 g/mol. The Kier molecular flexibility index (Phi) is 5.11. The van der Waals surface area contributed by atoms with Gasteiger partial charge in [0, 0.05) is 6.54 Å². The molecule has 0 saturated heterocycles. The number of carbonyl (C=O) groups is 1. The van der Waals surface area contributed by atoms with Crippen molar-refractivity contribution in [2.45, 2.75) is 31.2 Å². The Morgan fingerprint density at radius 3 is 2.44 bits per heavy atom. The van der Waals surface area contributed by atoms with Gasteiger partial charge in [-0.25, -0.2) is 4.39 Å². The third-order valence-electron chi connectivity index (χ3n) is 3.31. The first-order valence-electron chi connectivity index (χ1n) is 5.92. The lowest BCUT2D eigenvalue weighted by atomic mass is 9.77. The zero-order chi connectivity index (χ0) is 12.3. The highest BCUT2D eigenvalue weighted by molar-refractivity contribution is 5.87. The van der Waals surface area contributed by atoms with Crippen molar-refractivity contribution in [3.63, 3.8) is 0 Å². The van der Waals surface area contributed by atoms with Gasteiger partial charge in [-0.1, -0.05) is 12.1 Å². The normalized spacial score (nSPS) is 16.3. The number of nitrogens with one attached hydrogen (secondary N) is 1. The summed E-state index contributed by atoms with van der Waals surface area (Å²) in [5, 5.41) is 2.83. The molecule has 0 atom stereocenters. The monoisotopic (exact) mass is 272 g/mol. The summed E-state index contributed by atoms with van der Waals surface area (Å²) in [6.07, 6.45) is 3.27. The fraction of sp³-hybridized carbons (Fsp3) is 0.462. The molecule has 100 valence electrons. The maximum atomic E-state index is 12.7. The van der Waals surface area contributed by atoms with Crippen LogP contribution in [0.5, 0.6) is 0 Å². The zero-order valence-electron chi connectivity index (χ0n) is 10.1. The van der Waals surface area contributed by atoms with Crippen molar-refractivity contribution in [2.24, 2.45) is 5.73 Å². The van der Waals surface area contributed by atoms with Gasteiger partial charge in [-0.2, -0.15) is 0 Å². The van der Waals surface area contributed by atoms with Crippen LogP contribution in [0.2, 0.25) is 0 Å². The van der Waals surface area contributed by atoms with Gasteiger partial charge in [0.2, 0.25) is 5.91 Å². The first kappa shape index (κ1) is 14.9. The topological polar surface area (TPSA) is 55.1 Å². The van der Waals surface area contributed by atoms with E-state index < -0.39 is 5.54 Å². The van der Waals surface area contributed by atoms with Crippen molar-refractivity contribution in [1.82, 2.24) is 5.32 Å². The Morgan fingerprint density at radius 1 is 1.33 bits per heavy atom. The predicted octanol–water partition coefficient (Wildman–Crippen LogP) is 1.79. The molecule has 2 rings (SSSR count). The van der Waals surface area contributed by atoms with E-state index in [2.05, 4.69) is 5.32 Å². The van der Waals surface area contributed by atoms with E-state index in [1.807, 2.05) is 0 Å². The average Bonchev–Trinajstić information content (AvgIpc) is 2.28. The number of nitrogens with two attached hydrogens (primary N) is 1. The number of rotatable bonds is 4. The highest BCUT2D eigenvalue weighted by Crippen LogP contribution is 2.28. The van der Waals surface area contributed by atoms with Crippen LogP contribution in [0.15, 0.2) is 24.3 Å². The highest BCUT2D eigenvalue weighted by Gasteiger charge is 2.39. The molecule has 5 heteroatoms. The van der Waals surface area contributed by atoms with Crippen molar-refractivity contribution in [1.29, 1.82) is 0 Å². The Hall–Kier alpha value is -1.13. The molecule has 0 radical (unpaired) electrons. The van der Waals surface area contributed by atoms with Crippen LogP contribution in [0.25, 0.3) is 0 Å². The van der Waals surface area contributed by atoms with E-state index in [0.717, 1.165) is 24.8 Å². The van der Waals surface area contributed by atoms with Crippen LogP contribution in [0.4, 0.5) is 4.39 Å². The second-order valence-electron chi connectivity index (χ2n) is 4.64. The van der Waals surface area contributed by atoms with E-state index >= 15 is 0 Å². The van der Waals surface area contributed by atoms with Crippen molar-refractivity contribution < 1.29 is 9.18 Å². The number of benzene rings is 1. The fourth-order valence-corrected chi connectivity index (χ4v) is 1.93. The number of carbonyl (C=O) groups excluding carboxylic acids is 1. The van der Waals surface area contributed by atoms with Crippen LogP contribution < -0.4 is 11.1 Å². The quantitative estimate of drug-likeness (QED) is 0.878. The first-order chi connectivity index (χ1) is 8.10. The molecule has 1 aromatic carbocycles. The molecule has 0 aromatic heterocycles. The third kappa shape index (κ3) is 3.43. The molecule has 3 nitrogen and oxygen atoms in total. The number of hydrogen-bond acceptors (Lipinski definition) is 2. The molecule has 1 aliphatic rings. The molecule has 0 unspecified atom stereocenters. The SMILES string of the molecule is Cl.NC1(C(=O)NCCc2ccc(F)cc2)CCC1. The Morgan fingerprint density at radius 2 is 1.94 bits per heavy atom. The number of hydrogen-bond donors (Lipinski definition) is 2. The van der Waals surface area contributed by atoms with Crippen LogP contribution in [-0.2, 0) is 11.2 Å². The van der Waals surface area contributed by atoms with Crippen molar-refractivity contribution in [2.75, 3.05) is 6.54 Å². The summed E-state index contributed by atoms with van der Waals surface area (Å²) in [7, 11) is 0. The largest absolute Gasteiger partial charge is 0.354 e. The fourth-order valence-electron chi connectivity index (χ4n) is 1.93. The van der Waals surface area contributed by atoms with E-state index in [1.165, 1.54) is 12.1 Å². The minimum atomic E-state index is -0.636. The first-order valence-corrected chi connectivity index (χ1v) is 5.92. The summed E-state index contributed by atoms with van der Waals surface area (Å²) in [4.78, 5) is 11.7. The smallest absolute Gasteiger partial charge is 0.240 e. The minimum absolute atomic E-state index is 0. The summed E-state index contributed by atoms with van der Waals surface area (Å²) in [5.74, 6) is -0.306. The van der Waals surface area contributed by atoms with E-state index in [0.29, 0.717) is 13.0 Å². The summed E-state index contributed by atoms with van der Waals surface area (Å²) in [6, 6.07) is 6.30. The molecule has 0 bridgehead atoms. The van der Waals surface area contributed by atoms with E-state index in [-0.39, 0.29) is 24.1 Å². The summed E-state index contributed by atoms with van der Waals surface area (Å²) in [6.45, 7) is 0.545. The summed E-state index contributed by atoms with van der Waals surface area (Å²) >= 11 is 0. The molecule has 1 fully saturated rings. The molecule has 3 N–H and O–H groups in total. The van der Waals surface area contributed by atoms with E-state index in [9.17, 15) is 9.18 Å². The van der Waals surface area contributed by atoms with Crippen LogP contribution in [0.1, 0.15) is 24.8 Å². The van der Waals surface area contributed by atoms with Crippen molar-refractivity contribution in [3.8, 4) is 0 Å². The molecule has 1 aromatic rings. The Bertz CT molecular complexity index is 404.